The number of amides is 2. The molecule has 1 aliphatic heterocycles. The fourth-order valence-corrected chi connectivity index (χ4v) is 3.93. The summed E-state index contributed by atoms with van der Waals surface area (Å²) in [5, 5.41) is 24.0. The average Bonchev–Trinajstić information content (AvgIpc) is 2.82. The number of hydrazone groups is 1. The van der Waals surface area contributed by atoms with Crippen molar-refractivity contribution in [1.29, 1.82) is 0 Å². The molecule has 23 heavy (non-hydrogen) atoms. The Morgan fingerprint density at radius 3 is 2.17 bits per heavy atom. The van der Waals surface area contributed by atoms with Crippen molar-refractivity contribution in [2.24, 2.45) is 28.8 Å². The number of nitrogens with zero attached hydrogens (tertiary/aromatic N) is 2. The van der Waals surface area contributed by atoms with E-state index in [0.29, 0.717) is 5.56 Å². The number of phenolic OH excluding ortho intramolecular Hbond substituents is 2. The molecule has 1 saturated carbocycles. The van der Waals surface area contributed by atoms with Crippen LogP contribution in [0.5, 0.6) is 11.5 Å². The van der Waals surface area contributed by atoms with Crippen LogP contribution in [0, 0.1) is 23.7 Å². The van der Waals surface area contributed by atoms with Crippen LogP contribution in [0.15, 0.2) is 35.5 Å². The number of carbonyl (C=O) groups excluding carboxylic acids is 2. The van der Waals surface area contributed by atoms with Crippen molar-refractivity contribution in [1.82, 2.24) is 5.01 Å². The minimum Gasteiger partial charge on any atom is -0.508 e. The molecule has 0 radical (unpaired) electrons. The van der Waals surface area contributed by atoms with Gasteiger partial charge in [-0.2, -0.15) is 10.1 Å². The van der Waals surface area contributed by atoms with Gasteiger partial charge in [-0.15, -0.1) is 0 Å². The third-order valence-corrected chi connectivity index (χ3v) is 5.06. The molecule has 4 aliphatic rings. The monoisotopic (exact) mass is 312 g/mol. The van der Waals surface area contributed by atoms with Gasteiger partial charge in [-0.1, -0.05) is 12.2 Å². The molecule has 118 valence electrons. The van der Waals surface area contributed by atoms with Crippen LogP contribution in [0.2, 0.25) is 0 Å². The second kappa shape index (κ2) is 4.94. The molecule has 1 aromatic rings. The normalized spacial score (nSPS) is 32.1. The smallest absolute Gasteiger partial charge is 0.254 e. The number of imide groups is 1. The van der Waals surface area contributed by atoms with Crippen molar-refractivity contribution < 1.29 is 19.8 Å². The summed E-state index contributed by atoms with van der Waals surface area (Å²) in [6.07, 6.45) is 7.27. The van der Waals surface area contributed by atoms with E-state index < -0.39 is 0 Å². The Hall–Kier alpha value is -2.63. The van der Waals surface area contributed by atoms with Gasteiger partial charge in [0.25, 0.3) is 11.8 Å². The molecular formula is C17H16N2O4. The van der Waals surface area contributed by atoms with E-state index in [1.165, 1.54) is 24.4 Å². The molecule has 3 aliphatic carbocycles. The minimum atomic E-state index is -0.295. The summed E-state index contributed by atoms with van der Waals surface area (Å²) in [6, 6.07) is 4.05. The summed E-state index contributed by atoms with van der Waals surface area (Å²) in [4.78, 5) is 25.1. The molecule has 2 bridgehead atoms. The van der Waals surface area contributed by atoms with Gasteiger partial charge in [-0.25, -0.2) is 0 Å². The minimum absolute atomic E-state index is 0.0679. The molecule has 0 unspecified atom stereocenters. The van der Waals surface area contributed by atoms with Crippen LogP contribution in [-0.2, 0) is 9.59 Å². The zero-order valence-electron chi connectivity index (χ0n) is 12.3. The van der Waals surface area contributed by atoms with E-state index in [2.05, 4.69) is 17.3 Å². The highest BCUT2D eigenvalue weighted by Gasteiger charge is 2.56. The van der Waals surface area contributed by atoms with Crippen molar-refractivity contribution in [2.75, 3.05) is 0 Å². The van der Waals surface area contributed by atoms with E-state index in [1.807, 2.05) is 0 Å². The highest BCUT2D eigenvalue weighted by Crippen LogP contribution is 2.49. The molecule has 5 rings (SSSR count). The highest BCUT2D eigenvalue weighted by atomic mass is 16.3. The van der Waals surface area contributed by atoms with E-state index in [9.17, 15) is 19.8 Å². The number of carbonyl (C=O) groups is 2. The first-order valence-corrected chi connectivity index (χ1v) is 7.68. The predicted octanol–water partition coefficient (Wildman–Crippen LogP) is 1.63. The molecule has 2 amide bonds. The van der Waals surface area contributed by atoms with Gasteiger partial charge < -0.3 is 10.2 Å². The predicted molar refractivity (Wildman–Crippen MR) is 81.6 cm³/mol. The summed E-state index contributed by atoms with van der Waals surface area (Å²) >= 11 is 0. The Kier molecular flexibility index (Phi) is 3.01. The van der Waals surface area contributed by atoms with Gasteiger partial charge in [0.05, 0.1) is 18.1 Å². The Balaban J connectivity index is 1.62. The van der Waals surface area contributed by atoms with E-state index in [1.54, 1.807) is 0 Å². The highest BCUT2D eigenvalue weighted by molar-refractivity contribution is 6.06. The van der Waals surface area contributed by atoms with Crippen molar-refractivity contribution in [3.63, 3.8) is 0 Å². The Labute approximate surface area is 132 Å². The molecule has 1 aromatic carbocycles. The zero-order chi connectivity index (χ0) is 16.1. The maximum atomic E-state index is 12.6. The first kappa shape index (κ1) is 14.0. The van der Waals surface area contributed by atoms with Crippen LogP contribution in [0.3, 0.4) is 0 Å². The third kappa shape index (κ3) is 2.05. The van der Waals surface area contributed by atoms with Crippen LogP contribution < -0.4 is 0 Å². The quantitative estimate of drug-likeness (QED) is 0.493. The number of aromatic hydroxyl groups is 2. The largest absolute Gasteiger partial charge is 0.508 e. The first-order valence-electron chi connectivity index (χ1n) is 7.68. The van der Waals surface area contributed by atoms with E-state index in [4.69, 9.17) is 0 Å². The lowest BCUT2D eigenvalue weighted by molar-refractivity contribution is -0.140. The maximum Gasteiger partial charge on any atom is 0.254 e. The van der Waals surface area contributed by atoms with Crippen molar-refractivity contribution in [2.45, 2.75) is 12.8 Å². The second-order valence-electron chi connectivity index (χ2n) is 6.32. The summed E-state index contributed by atoms with van der Waals surface area (Å²) < 4.78 is 0. The summed E-state index contributed by atoms with van der Waals surface area (Å²) in [5.74, 6) is -1.07. The summed E-state index contributed by atoms with van der Waals surface area (Å²) in [6.45, 7) is 0. The van der Waals surface area contributed by atoms with E-state index in [-0.39, 0.29) is 47.0 Å². The van der Waals surface area contributed by atoms with Gasteiger partial charge in [-0.3, -0.25) is 9.59 Å². The fourth-order valence-electron chi connectivity index (χ4n) is 3.93. The molecule has 2 fully saturated rings. The maximum absolute atomic E-state index is 12.6. The molecular weight excluding hydrogens is 296 g/mol. The van der Waals surface area contributed by atoms with Gasteiger partial charge in [-0.05, 0) is 36.8 Å². The van der Waals surface area contributed by atoms with Crippen molar-refractivity contribution >= 4 is 18.0 Å². The van der Waals surface area contributed by atoms with Gasteiger partial charge in [0.1, 0.15) is 11.5 Å². The lowest BCUT2D eigenvalue weighted by Gasteiger charge is -2.37. The topological polar surface area (TPSA) is 90.2 Å². The van der Waals surface area contributed by atoms with Crippen molar-refractivity contribution in [3.05, 3.63) is 35.9 Å². The molecule has 4 atom stereocenters. The molecule has 1 heterocycles. The van der Waals surface area contributed by atoms with Crippen LogP contribution in [0.4, 0.5) is 0 Å². The Bertz CT molecular complexity index is 723. The average molecular weight is 312 g/mol. The van der Waals surface area contributed by atoms with Gasteiger partial charge >= 0.3 is 0 Å². The number of hydrogen-bond donors (Lipinski definition) is 2. The number of rotatable bonds is 2. The SMILES string of the molecule is O=C1[C@@H]2[C@H](C(=O)N1/N=C/c1ccc(O)cc1O)[C@H]1C=C[C@H]2CC1. The standard InChI is InChI=1S/C17H16N2O4/c20-12-6-5-11(13(21)7-12)8-18-19-16(22)14-9-1-2-10(4-3-9)15(14)17(19)23/h1-2,5-10,14-15,20-21H,3-4H2/b18-8+/t9-,10-,14-,15+/m0/s1. The van der Waals surface area contributed by atoms with E-state index >= 15 is 0 Å². The zero-order valence-corrected chi connectivity index (χ0v) is 12.3. The number of benzene rings is 1. The third-order valence-electron chi connectivity index (χ3n) is 5.06. The molecule has 6 heteroatoms. The fraction of sp³-hybridized carbons (Fsp3) is 0.353. The summed E-state index contributed by atoms with van der Waals surface area (Å²) in [7, 11) is 0. The second-order valence-corrected chi connectivity index (χ2v) is 6.32. The van der Waals surface area contributed by atoms with Crippen LogP contribution >= 0.6 is 0 Å². The molecule has 6 nitrogen and oxygen atoms in total. The molecule has 0 aromatic heterocycles. The van der Waals surface area contributed by atoms with Crippen LogP contribution in [-0.4, -0.2) is 33.3 Å². The lowest BCUT2D eigenvalue weighted by atomic mass is 9.63. The Morgan fingerprint density at radius 2 is 1.65 bits per heavy atom. The molecule has 0 spiro atoms. The Morgan fingerprint density at radius 1 is 1.04 bits per heavy atom. The van der Waals surface area contributed by atoms with E-state index in [0.717, 1.165) is 17.9 Å². The first-order chi connectivity index (χ1) is 11.1. The molecule has 2 N–H and O–H groups in total. The van der Waals surface area contributed by atoms with Gasteiger partial charge in [0.2, 0.25) is 0 Å². The van der Waals surface area contributed by atoms with Crippen LogP contribution in [0.1, 0.15) is 18.4 Å². The molecule has 1 saturated heterocycles. The number of allylic oxidation sites excluding steroid dienone is 2. The van der Waals surface area contributed by atoms with Gasteiger partial charge in [0.15, 0.2) is 0 Å². The summed E-state index contributed by atoms with van der Waals surface area (Å²) in [5.41, 5.74) is 0.333. The van der Waals surface area contributed by atoms with Gasteiger partial charge in [0, 0.05) is 11.6 Å². The van der Waals surface area contributed by atoms with Crippen molar-refractivity contribution in [3.8, 4) is 11.5 Å². The lowest BCUT2D eigenvalue weighted by Crippen LogP contribution is -2.38. The van der Waals surface area contributed by atoms with Crippen LogP contribution in [0.25, 0.3) is 0 Å². The number of phenols is 2. The number of fused-ring (bicyclic) bond motifs is 1. The number of hydrogen-bond acceptors (Lipinski definition) is 5.